The van der Waals surface area contributed by atoms with E-state index < -0.39 is 0 Å². The summed E-state index contributed by atoms with van der Waals surface area (Å²) in [5, 5.41) is 0. The van der Waals surface area contributed by atoms with Gasteiger partial charge in [0.1, 0.15) is 0 Å². The quantitative estimate of drug-likeness (QED) is 0.156. The van der Waals surface area contributed by atoms with E-state index in [2.05, 4.69) is 125 Å². The number of hydrogen-bond acceptors (Lipinski definition) is 4. The van der Waals surface area contributed by atoms with E-state index >= 15 is 0 Å². The standard InChI is InChI=1S/4C9H12N.4Cu/c4*1-10(2)8-9-6-4-3-5-7-9;;;;/h4*3-4,6-7H,8H2,1-2H3;;;;/q4*-1;4*+1. The van der Waals surface area contributed by atoms with Crippen molar-refractivity contribution in [3.8, 4) is 0 Å². The van der Waals surface area contributed by atoms with E-state index in [0.29, 0.717) is 0 Å². The predicted molar refractivity (Wildman–Crippen MR) is 171 cm³/mol. The molecule has 0 N–H and O–H groups in total. The molecular weight excluding hydrogens is 743 g/mol. The summed E-state index contributed by atoms with van der Waals surface area (Å²) in [5.74, 6) is 0. The van der Waals surface area contributed by atoms with E-state index in [1.807, 2.05) is 72.8 Å². The Morgan fingerprint density at radius 1 is 0.364 bits per heavy atom. The van der Waals surface area contributed by atoms with Crippen LogP contribution < -0.4 is 0 Å². The molecule has 0 aromatic heterocycles. The Kier molecular flexibility index (Phi) is 35.9. The van der Waals surface area contributed by atoms with Gasteiger partial charge in [-0.3, -0.25) is 0 Å². The van der Waals surface area contributed by atoms with Gasteiger partial charge in [-0.1, -0.05) is 0 Å². The van der Waals surface area contributed by atoms with Crippen LogP contribution in [0, 0.1) is 24.3 Å². The monoisotopic (exact) mass is 788 g/mol. The van der Waals surface area contributed by atoms with Gasteiger partial charge in [0.05, 0.1) is 0 Å². The van der Waals surface area contributed by atoms with Gasteiger partial charge in [0, 0.05) is 0 Å². The van der Waals surface area contributed by atoms with Gasteiger partial charge in [-0.2, -0.15) is 121 Å². The molecule has 4 aromatic carbocycles. The van der Waals surface area contributed by atoms with Gasteiger partial charge in [-0.25, -0.2) is 0 Å². The zero-order chi connectivity index (χ0) is 29.6. The fourth-order valence-electron chi connectivity index (χ4n) is 3.58. The molecule has 0 aliphatic heterocycles. The first kappa shape index (κ1) is 49.7. The van der Waals surface area contributed by atoms with Crippen molar-refractivity contribution in [3.63, 3.8) is 0 Å². The summed E-state index contributed by atoms with van der Waals surface area (Å²) in [6.45, 7) is 3.99. The van der Waals surface area contributed by atoms with Crippen LogP contribution in [0.3, 0.4) is 0 Å². The van der Waals surface area contributed by atoms with E-state index in [4.69, 9.17) is 0 Å². The number of hydrogen-bond donors (Lipinski definition) is 0. The van der Waals surface area contributed by atoms with Crippen LogP contribution in [0.2, 0.25) is 0 Å². The smallest absolute Gasteiger partial charge is 0.316 e. The molecule has 44 heavy (non-hydrogen) atoms. The Hall–Kier alpha value is -1.20. The second-order valence-corrected chi connectivity index (χ2v) is 10.6. The fourth-order valence-corrected chi connectivity index (χ4v) is 3.58. The zero-order valence-corrected chi connectivity index (χ0v) is 30.8. The molecule has 0 heterocycles. The van der Waals surface area contributed by atoms with Crippen molar-refractivity contribution >= 4 is 0 Å². The largest absolute Gasteiger partial charge is 1.00 e. The van der Waals surface area contributed by atoms with Gasteiger partial charge in [0.2, 0.25) is 0 Å². The molecule has 0 saturated carbocycles. The van der Waals surface area contributed by atoms with E-state index in [1.54, 1.807) is 0 Å². The molecule has 0 saturated heterocycles. The Morgan fingerprint density at radius 3 is 0.659 bits per heavy atom. The Bertz CT molecular complexity index is 918. The molecule has 4 aromatic rings. The molecule has 256 valence electrons. The first-order chi connectivity index (χ1) is 19.2. The minimum atomic E-state index is 0. The van der Waals surface area contributed by atoms with Gasteiger partial charge in [-0.15, -0.1) is 22.3 Å². The first-order valence-electron chi connectivity index (χ1n) is 13.5. The summed E-state index contributed by atoms with van der Waals surface area (Å²) in [6.07, 6.45) is 0. The normalized spacial score (nSPS) is 9.36. The number of benzene rings is 4. The maximum Gasteiger partial charge on any atom is 1.00 e. The molecule has 0 aliphatic carbocycles. The summed E-state index contributed by atoms with van der Waals surface area (Å²) in [6, 6.07) is 44.4. The van der Waals surface area contributed by atoms with E-state index in [-0.39, 0.29) is 68.3 Å². The summed E-state index contributed by atoms with van der Waals surface area (Å²) < 4.78 is 0. The third-order valence-corrected chi connectivity index (χ3v) is 5.08. The van der Waals surface area contributed by atoms with Crippen molar-refractivity contribution in [2.45, 2.75) is 26.2 Å². The maximum atomic E-state index is 3.04. The third kappa shape index (κ3) is 29.5. The molecule has 0 aliphatic rings. The topological polar surface area (TPSA) is 13.0 Å². The van der Waals surface area contributed by atoms with Crippen molar-refractivity contribution in [2.24, 2.45) is 0 Å². The van der Waals surface area contributed by atoms with Crippen molar-refractivity contribution in [1.82, 2.24) is 19.6 Å². The molecule has 0 spiro atoms. The van der Waals surface area contributed by atoms with Crippen molar-refractivity contribution in [1.29, 1.82) is 0 Å². The molecule has 4 rings (SSSR count). The molecule has 8 heteroatoms. The van der Waals surface area contributed by atoms with Crippen LogP contribution in [-0.2, 0) is 94.5 Å². The van der Waals surface area contributed by atoms with Crippen LogP contribution in [0.25, 0.3) is 0 Å². The van der Waals surface area contributed by atoms with Gasteiger partial charge in [0.25, 0.3) is 0 Å². The average Bonchev–Trinajstić information content (AvgIpc) is 2.91. The van der Waals surface area contributed by atoms with E-state index in [1.165, 1.54) is 22.3 Å². The van der Waals surface area contributed by atoms with Crippen molar-refractivity contribution < 1.29 is 68.3 Å². The van der Waals surface area contributed by atoms with Gasteiger partial charge >= 0.3 is 68.3 Å². The van der Waals surface area contributed by atoms with Crippen molar-refractivity contribution in [3.05, 3.63) is 144 Å². The number of nitrogens with zero attached hydrogens (tertiary/aromatic N) is 4. The Labute approximate surface area is 311 Å². The molecule has 0 radical (unpaired) electrons. The molecule has 0 bridgehead atoms. The molecule has 0 unspecified atom stereocenters. The first-order valence-corrected chi connectivity index (χ1v) is 13.5. The number of rotatable bonds is 8. The third-order valence-electron chi connectivity index (χ3n) is 5.08. The van der Waals surface area contributed by atoms with Gasteiger partial charge in [-0.05, 0) is 82.6 Å². The summed E-state index contributed by atoms with van der Waals surface area (Å²) in [4.78, 5) is 8.57. The zero-order valence-electron chi connectivity index (χ0n) is 27.1. The predicted octanol–water partition coefficient (Wildman–Crippen LogP) is 6.18. The molecule has 4 nitrogen and oxygen atoms in total. The summed E-state index contributed by atoms with van der Waals surface area (Å²) in [5.41, 5.74) is 5.25. The Balaban J connectivity index is -0.000000235. The second-order valence-electron chi connectivity index (χ2n) is 10.6. The maximum absolute atomic E-state index is 3.04. The molecular formula is C36H48Cu4N4. The summed E-state index contributed by atoms with van der Waals surface area (Å²) >= 11 is 0. The van der Waals surface area contributed by atoms with Crippen molar-refractivity contribution in [2.75, 3.05) is 56.4 Å². The van der Waals surface area contributed by atoms with Crippen LogP contribution in [0.4, 0.5) is 0 Å². The molecule has 0 fully saturated rings. The van der Waals surface area contributed by atoms with Gasteiger partial charge < -0.3 is 19.6 Å². The average molecular weight is 791 g/mol. The van der Waals surface area contributed by atoms with E-state index in [0.717, 1.165) is 26.2 Å². The Morgan fingerprint density at radius 2 is 0.545 bits per heavy atom. The van der Waals surface area contributed by atoms with Crippen LogP contribution in [0.1, 0.15) is 22.3 Å². The van der Waals surface area contributed by atoms with Crippen LogP contribution >= 0.6 is 0 Å². The van der Waals surface area contributed by atoms with Gasteiger partial charge in [0.15, 0.2) is 0 Å². The SMILES string of the molecule is CN(C)Cc1c[c-]ccc1.CN(C)Cc1c[c-]ccc1.CN(C)Cc1c[c-]ccc1.CN(C)Cc1c[c-]ccc1.[Cu+].[Cu+].[Cu+].[Cu+]. The van der Waals surface area contributed by atoms with E-state index in [9.17, 15) is 0 Å². The van der Waals surface area contributed by atoms with Crippen LogP contribution in [-0.4, -0.2) is 76.0 Å². The molecule has 0 amide bonds. The van der Waals surface area contributed by atoms with Crippen LogP contribution in [0.5, 0.6) is 0 Å². The fraction of sp³-hybridized carbons (Fsp3) is 0.333. The summed E-state index contributed by atoms with van der Waals surface area (Å²) in [7, 11) is 16.5. The molecule has 0 atom stereocenters. The minimum Gasteiger partial charge on any atom is -0.316 e. The second kappa shape index (κ2) is 31.8. The minimum absolute atomic E-state index is 0. The van der Waals surface area contributed by atoms with Crippen LogP contribution in [0.15, 0.2) is 97.1 Å².